The van der Waals surface area contributed by atoms with Crippen molar-refractivity contribution in [3.63, 3.8) is 0 Å². The van der Waals surface area contributed by atoms with Gasteiger partial charge < -0.3 is 9.47 Å². The molecule has 0 saturated carbocycles. The van der Waals surface area contributed by atoms with E-state index in [1.165, 1.54) is 19.6 Å². The van der Waals surface area contributed by atoms with E-state index in [1.54, 1.807) is 0 Å². The molecule has 0 aromatic carbocycles. The number of hydrogen-bond acceptors (Lipinski definition) is 6. The maximum Gasteiger partial charge on any atom is 0.342 e. The summed E-state index contributed by atoms with van der Waals surface area (Å²) in [6.45, 7) is 0. The van der Waals surface area contributed by atoms with Crippen LogP contribution >= 0.6 is 11.3 Å². The predicted molar refractivity (Wildman–Crippen MR) is 55.3 cm³/mol. The average Bonchev–Trinajstić information content (AvgIpc) is 2.59. The second kappa shape index (κ2) is 4.19. The fourth-order valence-corrected chi connectivity index (χ4v) is 3.13. The number of methoxy groups -OCH3 is 2. The van der Waals surface area contributed by atoms with Crippen molar-refractivity contribution in [2.45, 2.75) is 4.21 Å². The number of carbonyl (C=O) groups is 1. The van der Waals surface area contributed by atoms with Gasteiger partial charge in [-0.25, -0.2) is 13.2 Å². The maximum absolute atomic E-state index is 11.3. The van der Waals surface area contributed by atoms with Crippen molar-refractivity contribution in [1.29, 1.82) is 0 Å². The van der Waals surface area contributed by atoms with Crippen molar-refractivity contribution in [3.05, 3.63) is 10.9 Å². The van der Waals surface area contributed by atoms with Crippen molar-refractivity contribution in [3.8, 4) is 5.75 Å². The lowest BCUT2D eigenvalue weighted by Gasteiger charge is -2.03. The van der Waals surface area contributed by atoms with Crippen LogP contribution in [-0.2, 0) is 14.6 Å². The highest BCUT2D eigenvalue weighted by atomic mass is 32.2. The van der Waals surface area contributed by atoms with Gasteiger partial charge in [-0.15, -0.1) is 11.3 Å². The molecule has 84 valence electrons. The number of carbonyl (C=O) groups excluding carboxylic acids is 1. The first kappa shape index (κ1) is 12.0. The summed E-state index contributed by atoms with van der Waals surface area (Å²) < 4.78 is 32.1. The van der Waals surface area contributed by atoms with E-state index in [1.807, 2.05) is 0 Å². The van der Waals surface area contributed by atoms with Gasteiger partial charge in [-0.3, -0.25) is 0 Å². The van der Waals surface area contributed by atoms with Crippen LogP contribution in [0.5, 0.6) is 5.75 Å². The van der Waals surface area contributed by atoms with E-state index in [9.17, 15) is 13.2 Å². The molecule has 0 saturated heterocycles. The van der Waals surface area contributed by atoms with Gasteiger partial charge in [0, 0.05) is 11.6 Å². The van der Waals surface area contributed by atoms with Gasteiger partial charge in [-0.2, -0.15) is 0 Å². The largest absolute Gasteiger partial charge is 0.494 e. The van der Waals surface area contributed by atoms with Crippen molar-refractivity contribution in [1.82, 2.24) is 0 Å². The van der Waals surface area contributed by atoms with Crippen LogP contribution in [0, 0.1) is 0 Å². The number of thiophene rings is 1. The van der Waals surface area contributed by atoms with Gasteiger partial charge in [-0.05, 0) is 0 Å². The lowest BCUT2D eigenvalue weighted by Crippen LogP contribution is -2.04. The third kappa shape index (κ3) is 2.29. The Hall–Kier alpha value is -1.08. The molecule has 0 aliphatic rings. The van der Waals surface area contributed by atoms with Gasteiger partial charge in [0.2, 0.25) is 0 Å². The highest BCUT2D eigenvalue weighted by molar-refractivity contribution is 7.92. The second-order valence-corrected chi connectivity index (χ2v) is 5.82. The van der Waals surface area contributed by atoms with Gasteiger partial charge >= 0.3 is 5.97 Å². The van der Waals surface area contributed by atoms with E-state index in [4.69, 9.17) is 4.74 Å². The Morgan fingerprint density at radius 3 is 2.40 bits per heavy atom. The van der Waals surface area contributed by atoms with Gasteiger partial charge in [-0.1, -0.05) is 0 Å². The summed E-state index contributed by atoms with van der Waals surface area (Å²) in [6, 6.07) is 0. The molecule has 0 bridgehead atoms. The smallest absolute Gasteiger partial charge is 0.342 e. The Labute approximate surface area is 91.5 Å². The standard InChI is InChI=1S/C8H10O5S2/c1-12-6-5(7(9)13-2)4-14-8(6)15(3,10)11/h4H,1-3H3. The van der Waals surface area contributed by atoms with Crippen LogP contribution in [-0.4, -0.2) is 34.9 Å². The molecule has 0 radical (unpaired) electrons. The summed E-state index contributed by atoms with van der Waals surface area (Å²) in [5.41, 5.74) is 0.130. The molecule has 0 aliphatic heterocycles. The molecule has 0 spiro atoms. The number of ether oxygens (including phenoxy) is 2. The van der Waals surface area contributed by atoms with Crippen molar-refractivity contribution >= 4 is 27.1 Å². The summed E-state index contributed by atoms with van der Waals surface area (Å²) in [4.78, 5) is 11.2. The van der Waals surface area contributed by atoms with Crippen LogP contribution in [0.4, 0.5) is 0 Å². The summed E-state index contributed by atoms with van der Waals surface area (Å²) in [5.74, 6) is -0.563. The zero-order chi connectivity index (χ0) is 11.6. The van der Waals surface area contributed by atoms with Crippen LogP contribution in [0.25, 0.3) is 0 Å². The molecule has 1 aromatic heterocycles. The SMILES string of the molecule is COC(=O)c1csc(S(C)(=O)=O)c1OC. The Balaban J connectivity index is 3.36. The highest BCUT2D eigenvalue weighted by Crippen LogP contribution is 2.34. The molecule has 7 heteroatoms. The highest BCUT2D eigenvalue weighted by Gasteiger charge is 2.24. The van der Waals surface area contributed by atoms with Gasteiger partial charge in [0.1, 0.15) is 5.56 Å². The molecule has 0 unspecified atom stereocenters. The summed E-state index contributed by atoms with van der Waals surface area (Å²) in [5, 5.41) is 1.40. The van der Waals surface area contributed by atoms with E-state index in [0.717, 1.165) is 17.6 Å². The van der Waals surface area contributed by atoms with E-state index in [0.29, 0.717) is 0 Å². The minimum atomic E-state index is -3.38. The molecule has 15 heavy (non-hydrogen) atoms. The first-order valence-electron chi connectivity index (χ1n) is 3.85. The molecule has 5 nitrogen and oxygen atoms in total. The van der Waals surface area contributed by atoms with Crippen molar-refractivity contribution in [2.24, 2.45) is 0 Å². The number of sulfone groups is 1. The first-order chi connectivity index (χ1) is 6.91. The minimum Gasteiger partial charge on any atom is -0.494 e. The van der Waals surface area contributed by atoms with Crippen LogP contribution in [0.2, 0.25) is 0 Å². The van der Waals surface area contributed by atoms with E-state index in [-0.39, 0.29) is 15.5 Å². The zero-order valence-corrected chi connectivity index (χ0v) is 10.1. The molecular weight excluding hydrogens is 240 g/mol. The average molecular weight is 250 g/mol. The second-order valence-electron chi connectivity index (χ2n) is 2.73. The van der Waals surface area contributed by atoms with E-state index in [2.05, 4.69) is 4.74 Å². The topological polar surface area (TPSA) is 69.7 Å². The Kier molecular flexibility index (Phi) is 3.35. The zero-order valence-electron chi connectivity index (χ0n) is 8.44. The molecule has 1 aromatic rings. The van der Waals surface area contributed by atoms with Crippen molar-refractivity contribution in [2.75, 3.05) is 20.5 Å². The summed E-state index contributed by atoms with van der Waals surface area (Å²) >= 11 is 0.938. The van der Waals surface area contributed by atoms with E-state index >= 15 is 0 Å². The Morgan fingerprint density at radius 1 is 1.40 bits per heavy atom. The molecule has 1 heterocycles. The van der Waals surface area contributed by atoms with Crippen LogP contribution in [0.1, 0.15) is 10.4 Å². The molecule has 0 aliphatic carbocycles. The molecule has 0 fully saturated rings. The predicted octanol–water partition coefficient (Wildman–Crippen LogP) is 0.947. The number of esters is 1. The Morgan fingerprint density at radius 2 is 2.00 bits per heavy atom. The molecule has 0 amide bonds. The minimum absolute atomic E-state index is 0.0328. The quantitative estimate of drug-likeness (QED) is 0.747. The summed E-state index contributed by atoms with van der Waals surface area (Å²) in [6.07, 6.45) is 1.06. The molecule has 0 N–H and O–H groups in total. The van der Waals surface area contributed by atoms with Crippen LogP contribution in [0.3, 0.4) is 0 Å². The fraction of sp³-hybridized carbons (Fsp3) is 0.375. The third-order valence-corrected chi connectivity index (χ3v) is 4.47. The number of hydrogen-bond donors (Lipinski definition) is 0. The van der Waals surface area contributed by atoms with Gasteiger partial charge in [0.15, 0.2) is 19.8 Å². The van der Waals surface area contributed by atoms with Gasteiger partial charge in [0.05, 0.1) is 14.2 Å². The number of rotatable bonds is 3. The fourth-order valence-electron chi connectivity index (χ4n) is 1.03. The normalized spacial score (nSPS) is 11.1. The monoisotopic (exact) mass is 250 g/mol. The molecular formula is C8H10O5S2. The Bertz CT molecular complexity index is 471. The maximum atomic E-state index is 11.3. The first-order valence-corrected chi connectivity index (χ1v) is 6.62. The third-order valence-electron chi connectivity index (χ3n) is 1.66. The lowest BCUT2D eigenvalue weighted by atomic mass is 10.3. The molecule has 1 rings (SSSR count). The van der Waals surface area contributed by atoms with Gasteiger partial charge in [0.25, 0.3) is 0 Å². The van der Waals surface area contributed by atoms with Crippen LogP contribution < -0.4 is 4.74 Å². The molecule has 0 atom stereocenters. The van der Waals surface area contributed by atoms with E-state index < -0.39 is 15.8 Å². The lowest BCUT2D eigenvalue weighted by molar-refractivity contribution is 0.0597. The van der Waals surface area contributed by atoms with Crippen molar-refractivity contribution < 1.29 is 22.7 Å². The van der Waals surface area contributed by atoms with Crippen LogP contribution in [0.15, 0.2) is 9.59 Å². The summed E-state index contributed by atoms with van der Waals surface area (Å²) in [7, 11) is -0.850.